The fourth-order valence-electron chi connectivity index (χ4n) is 5.45. The molecule has 2 N–H and O–H groups in total. The number of Topliss-reactive ketones (excluding diaryl/α,β-unsaturated/α-hetero) is 1. The van der Waals surface area contributed by atoms with Gasteiger partial charge >= 0.3 is 0 Å². The van der Waals surface area contributed by atoms with Crippen molar-refractivity contribution in [2.45, 2.75) is 71.3 Å². The Morgan fingerprint density at radius 1 is 1.17 bits per heavy atom. The molecule has 1 aliphatic rings. The van der Waals surface area contributed by atoms with Gasteiger partial charge < -0.3 is 14.7 Å². The summed E-state index contributed by atoms with van der Waals surface area (Å²) in [6, 6.07) is 8.78. The van der Waals surface area contributed by atoms with Crippen molar-refractivity contribution in [2.24, 2.45) is 7.05 Å². The molecule has 2 aromatic heterocycles. The molecule has 6 heteroatoms. The van der Waals surface area contributed by atoms with E-state index in [1.165, 1.54) is 16.5 Å². The zero-order valence-corrected chi connectivity index (χ0v) is 21.7. The third-order valence-electron chi connectivity index (χ3n) is 7.39. The fraction of sp³-hybridized carbons (Fsp3) is 0.517. The van der Waals surface area contributed by atoms with Crippen molar-refractivity contribution in [3.8, 4) is 11.3 Å². The minimum absolute atomic E-state index is 0.0363. The summed E-state index contributed by atoms with van der Waals surface area (Å²) < 4.78 is 1.66. The molecule has 6 nitrogen and oxygen atoms in total. The molecular weight excluding hydrogens is 438 g/mol. The van der Waals surface area contributed by atoms with Gasteiger partial charge in [-0.1, -0.05) is 19.9 Å². The van der Waals surface area contributed by atoms with Crippen LogP contribution >= 0.6 is 0 Å². The molecule has 0 saturated carbocycles. The standard InChI is InChI=1S/C29H39N3O3/c1-18(2)27-25-15-22(21-10-12-32(13-11-21)17-24(34)8-6-20(4)33)7-9-26(25)30-28(27)23-14-19(3)29(35)31(5)16-23/h7,9,14-16,18,20-21,30,33H,6,8,10-13,17H2,1-5H3/t20-/m1/s1. The largest absolute Gasteiger partial charge is 0.393 e. The summed E-state index contributed by atoms with van der Waals surface area (Å²) in [7, 11) is 1.81. The summed E-state index contributed by atoms with van der Waals surface area (Å²) in [6.45, 7) is 10.4. The van der Waals surface area contributed by atoms with Crippen LogP contribution in [0, 0.1) is 6.92 Å². The number of H-pyrrole nitrogens is 1. The van der Waals surface area contributed by atoms with Crippen molar-refractivity contribution in [3.63, 3.8) is 0 Å². The second kappa shape index (κ2) is 10.5. The number of aryl methyl sites for hydroxylation is 2. The van der Waals surface area contributed by atoms with Crippen LogP contribution in [-0.2, 0) is 11.8 Å². The Bertz CT molecular complexity index is 1230. The summed E-state index contributed by atoms with van der Waals surface area (Å²) in [5, 5.41) is 10.7. The van der Waals surface area contributed by atoms with E-state index in [2.05, 4.69) is 41.9 Å². The monoisotopic (exact) mass is 477 g/mol. The molecule has 188 valence electrons. The molecule has 1 fully saturated rings. The molecule has 3 heterocycles. The number of carbonyl (C=O) groups is 1. The molecule has 0 amide bonds. The number of aromatic nitrogens is 2. The van der Waals surface area contributed by atoms with Crippen LogP contribution in [0.1, 0.15) is 75.0 Å². The Morgan fingerprint density at radius 3 is 2.51 bits per heavy atom. The number of rotatable bonds is 8. The topological polar surface area (TPSA) is 78.3 Å². The van der Waals surface area contributed by atoms with E-state index in [0.717, 1.165) is 48.3 Å². The summed E-state index contributed by atoms with van der Waals surface area (Å²) >= 11 is 0. The third-order valence-corrected chi connectivity index (χ3v) is 7.39. The average molecular weight is 478 g/mol. The van der Waals surface area contributed by atoms with Crippen LogP contribution in [0.25, 0.3) is 22.2 Å². The number of aromatic amines is 1. The van der Waals surface area contributed by atoms with Gasteiger partial charge in [-0.3, -0.25) is 14.5 Å². The van der Waals surface area contributed by atoms with E-state index >= 15 is 0 Å². The SMILES string of the molecule is Cc1cc(-c2[nH]c3ccc(C4CCN(CC(=O)CC[C@@H](C)O)CC4)cc3c2C(C)C)cn(C)c1=O. The highest BCUT2D eigenvalue weighted by molar-refractivity contribution is 5.92. The second-order valence-corrected chi connectivity index (χ2v) is 10.7. The Labute approximate surface area is 208 Å². The number of hydrogen-bond acceptors (Lipinski definition) is 4. The number of hydrogen-bond donors (Lipinski definition) is 2. The van der Waals surface area contributed by atoms with E-state index < -0.39 is 6.10 Å². The lowest BCUT2D eigenvalue weighted by molar-refractivity contribution is -0.121. The summed E-state index contributed by atoms with van der Waals surface area (Å²) in [4.78, 5) is 30.3. The van der Waals surface area contributed by atoms with Crippen molar-refractivity contribution in [1.82, 2.24) is 14.5 Å². The van der Waals surface area contributed by atoms with Crippen LogP contribution in [0.4, 0.5) is 0 Å². The lowest BCUT2D eigenvalue weighted by Gasteiger charge is -2.31. The van der Waals surface area contributed by atoms with Crippen LogP contribution in [-0.4, -0.2) is 51.1 Å². The van der Waals surface area contributed by atoms with Crippen LogP contribution < -0.4 is 5.56 Å². The van der Waals surface area contributed by atoms with E-state index in [1.807, 2.05) is 26.2 Å². The molecule has 1 saturated heterocycles. The van der Waals surface area contributed by atoms with Crippen molar-refractivity contribution >= 4 is 16.7 Å². The van der Waals surface area contributed by atoms with Gasteiger partial charge in [0.15, 0.2) is 0 Å². The van der Waals surface area contributed by atoms with Crippen LogP contribution in [0.3, 0.4) is 0 Å². The van der Waals surface area contributed by atoms with Gasteiger partial charge in [0, 0.05) is 41.7 Å². The fourth-order valence-corrected chi connectivity index (χ4v) is 5.45. The highest BCUT2D eigenvalue weighted by atomic mass is 16.3. The number of nitrogens with zero attached hydrogens (tertiary/aromatic N) is 2. The minimum Gasteiger partial charge on any atom is -0.393 e. The minimum atomic E-state index is -0.415. The predicted octanol–water partition coefficient (Wildman–Crippen LogP) is 4.87. The lowest BCUT2D eigenvalue weighted by atomic mass is 9.87. The van der Waals surface area contributed by atoms with Crippen molar-refractivity contribution in [3.05, 3.63) is 57.5 Å². The molecule has 1 atom stereocenters. The highest BCUT2D eigenvalue weighted by Gasteiger charge is 2.24. The van der Waals surface area contributed by atoms with Crippen molar-refractivity contribution in [1.29, 1.82) is 0 Å². The normalized spacial score (nSPS) is 16.3. The first-order valence-corrected chi connectivity index (χ1v) is 12.9. The maximum absolute atomic E-state index is 12.2. The molecule has 0 aliphatic carbocycles. The Balaban J connectivity index is 1.55. The van der Waals surface area contributed by atoms with Gasteiger partial charge in [0.05, 0.1) is 18.3 Å². The molecule has 3 aromatic rings. The number of nitrogens with one attached hydrogen (secondary N) is 1. The maximum Gasteiger partial charge on any atom is 0.253 e. The van der Waals surface area contributed by atoms with E-state index in [9.17, 15) is 14.7 Å². The maximum atomic E-state index is 12.2. The summed E-state index contributed by atoms with van der Waals surface area (Å²) in [6.07, 6.45) is 4.60. The Kier molecular flexibility index (Phi) is 7.62. The molecule has 0 unspecified atom stereocenters. The first kappa shape index (κ1) is 25.4. The van der Waals surface area contributed by atoms with Crippen LogP contribution in [0.2, 0.25) is 0 Å². The molecule has 4 rings (SSSR count). The second-order valence-electron chi connectivity index (χ2n) is 10.7. The number of aliphatic hydroxyl groups excluding tert-OH is 1. The highest BCUT2D eigenvalue weighted by Crippen LogP contribution is 2.38. The van der Waals surface area contributed by atoms with Crippen molar-refractivity contribution < 1.29 is 9.90 Å². The number of ketones is 1. The van der Waals surface area contributed by atoms with Gasteiger partial charge in [-0.25, -0.2) is 0 Å². The van der Waals surface area contributed by atoms with Gasteiger partial charge in [-0.05, 0) is 87.4 Å². The third kappa shape index (κ3) is 5.60. The number of benzene rings is 1. The zero-order chi connectivity index (χ0) is 25.3. The molecule has 0 bridgehead atoms. The van der Waals surface area contributed by atoms with Gasteiger partial charge in [0.2, 0.25) is 0 Å². The zero-order valence-electron chi connectivity index (χ0n) is 21.7. The van der Waals surface area contributed by atoms with E-state index in [1.54, 1.807) is 11.5 Å². The molecule has 35 heavy (non-hydrogen) atoms. The van der Waals surface area contributed by atoms with Gasteiger partial charge in [-0.2, -0.15) is 0 Å². The van der Waals surface area contributed by atoms with Crippen LogP contribution in [0.15, 0.2) is 35.3 Å². The molecular formula is C29H39N3O3. The lowest BCUT2D eigenvalue weighted by Crippen LogP contribution is -2.36. The predicted molar refractivity (Wildman–Crippen MR) is 142 cm³/mol. The first-order chi connectivity index (χ1) is 16.6. The molecule has 1 aliphatic heterocycles. The molecule has 0 spiro atoms. The van der Waals surface area contributed by atoms with Gasteiger partial charge in [0.1, 0.15) is 5.78 Å². The van der Waals surface area contributed by atoms with E-state index in [0.29, 0.717) is 31.2 Å². The number of aliphatic hydroxyl groups is 1. The number of carbonyl (C=O) groups excluding carboxylic acids is 1. The first-order valence-electron chi connectivity index (χ1n) is 12.9. The summed E-state index contributed by atoms with van der Waals surface area (Å²) in [5.41, 5.74) is 6.70. The Hall–Kier alpha value is -2.70. The summed E-state index contributed by atoms with van der Waals surface area (Å²) in [5.74, 6) is 1.04. The quantitative estimate of drug-likeness (QED) is 0.485. The van der Waals surface area contributed by atoms with Crippen molar-refractivity contribution in [2.75, 3.05) is 19.6 Å². The smallest absolute Gasteiger partial charge is 0.253 e. The average Bonchev–Trinajstić information content (AvgIpc) is 3.20. The number of pyridine rings is 1. The Morgan fingerprint density at radius 2 is 1.89 bits per heavy atom. The number of piperidine rings is 1. The van der Waals surface area contributed by atoms with Crippen LogP contribution in [0.5, 0.6) is 0 Å². The number of fused-ring (bicyclic) bond motifs is 1. The molecule has 0 radical (unpaired) electrons. The van der Waals surface area contributed by atoms with Gasteiger partial charge in [-0.15, -0.1) is 0 Å². The number of likely N-dealkylation sites (tertiary alicyclic amines) is 1. The molecule has 1 aromatic carbocycles. The van der Waals surface area contributed by atoms with E-state index in [-0.39, 0.29) is 11.3 Å². The van der Waals surface area contributed by atoms with E-state index in [4.69, 9.17) is 0 Å². The van der Waals surface area contributed by atoms with Gasteiger partial charge in [0.25, 0.3) is 5.56 Å².